The molecule has 6 heteroatoms. The van der Waals surface area contributed by atoms with Crippen molar-refractivity contribution >= 4 is 23.3 Å². The van der Waals surface area contributed by atoms with Crippen LogP contribution >= 0.6 is 11.8 Å². The van der Waals surface area contributed by atoms with Gasteiger partial charge in [-0.3, -0.25) is 14.3 Å². The minimum absolute atomic E-state index is 0.251. The van der Waals surface area contributed by atoms with Crippen molar-refractivity contribution in [3.05, 3.63) is 56.2 Å². The van der Waals surface area contributed by atoms with E-state index in [-0.39, 0.29) is 11.2 Å². The third-order valence-electron chi connectivity index (χ3n) is 4.91. The van der Waals surface area contributed by atoms with E-state index >= 15 is 0 Å². The summed E-state index contributed by atoms with van der Waals surface area (Å²) in [5.41, 5.74) is 3.07. The fourth-order valence-corrected chi connectivity index (χ4v) is 4.44. The molecular formula is C19H23N3O2S. The van der Waals surface area contributed by atoms with Crippen LogP contribution in [0.2, 0.25) is 0 Å². The highest BCUT2D eigenvalue weighted by molar-refractivity contribution is 7.99. The first-order chi connectivity index (χ1) is 12.2. The van der Waals surface area contributed by atoms with Crippen LogP contribution in [0.1, 0.15) is 30.4 Å². The number of fused-ring (bicyclic) bond motifs is 1. The maximum absolute atomic E-state index is 12.3. The van der Waals surface area contributed by atoms with Gasteiger partial charge in [-0.05, 0) is 67.0 Å². The van der Waals surface area contributed by atoms with Crippen molar-refractivity contribution in [1.29, 1.82) is 0 Å². The monoisotopic (exact) mass is 357 g/mol. The van der Waals surface area contributed by atoms with Gasteiger partial charge in [0.2, 0.25) is 0 Å². The van der Waals surface area contributed by atoms with Crippen LogP contribution in [0.3, 0.4) is 0 Å². The second-order valence-corrected chi connectivity index (χ2v) is 8.11. The highest BCUT2D eigenvalue weighted by Crippen LogP contribution is 2.32. The molecule has 1 heterocycles. The van der Waals surface area contributed by atoms with Gasteiger partial charge in [-0.2, -0.15) is 11.8 Å². The Bertz CT molecular complexity index is 852. The first kappa shape index (κ1) is 16.5. The number of nitrogens with zero attached hydrogens (tertiary/aromatic N) is 1. The highest BCUT2D eigenvalue weighted by Gasteiger charge is 2.20. The quantitative estimate of drug-likeness (QED) is 0.748. The summed E-state index contributed by atoms with van der Waals surface area (Å²) in [6.07, 6.45) is 6.10. The molecule has 0 aliphatic heterocycles. The van der Waals surface area contributed by atoms with E-state index in [9.17, 15) is 9.59 Å². The number of hydrogen-bond acceptors (Lipinski definition) is 4. The van der Waals surface area contributed by atoms with E-state index in [0.717, 1.165) is 36.0 Å². The lowest BCUT2D eigenvalue weighted by Crippen LogP contribution is -2.35. The van der Waals surface area contributed by atoms with Crippen molar-refractivity contribution in [2.75, 3.05) is 16.8 Å². The number of rotatable bonds is 7. The van der Waals surface area contributed by atoms with Gasteiger partial charge >= 0.3 is 5.69 Å². The molecule has 0 amide bonds. The number of aryl methyl sites for hydroxylation is 2. The van der Waals surface area contributed by atoms with Crippen molar-refractivity contribution in [1.82, 2.24) is 9.55 Å². The molecule has 0 bridgehead atoms. The summed E-state index contributed by atoms with van der Waals surface area (Å²) in [6, 6.07) is 7.71. The average Bonchev–Trinajstić information content (AvgIpc) is 3.29. The number of anilines is 2. The van der Waals surface area contributed by atoms with Gasteiger partial charge in [0.25, 0.3) is 5.56 Å². The topological polar surface area (TPSA) is 66.9 Å². The van der Waals surface area contributed by atoms with Crippen LogP contribution in [0, 0.1) is 5.92 Å². The molecule has 132 valence electrons. The number of aromatic nitrogens is 2. The molecule has 1 fully saturated rings. The van der Waals surface area contributed by atoms with Gasteiger partial charge in [-0.25, -0.2) is 4.79 Å². The van der Waals surface area contributed by atoms with Crippen LogP contribution in [0.5, 0.6) is 0 Å². The average molecular weight is 357 g/mol. The van der Waals surface area contributed by atoms with Crippen molar-refractivity contribution in [3.8, 4) is 0 Å². The molecule has 1 aromatic heterocycles. The Morgan fingerprint density at radius 2 is 2.00 bits per heavy atom. The maximum atomic E-state index is 12.3. The number of benzene rings is 1. The van der Waals surface area contributed by atoms with Crippen LogP contribution in [0.25, 0.3) is 0 Å². The summed E-state index contributed by atoms with van der Waals surface area (Å²) in [4.78, 5) is 27.3. The van der Waals surface area contributed by atoms with Crippen LogP contribution in [0.15, 0.2) is 33.9 Å². The molecule has 1 saturated carbocycles. The van der Waals surface area contributed by atoms with Gasteiger partial charge in [0.15, 0.2) is 0 Å². The zero-order valence-electron chi connectivity index (χ0n) is 14.2. The molecular weight excluding hydrogens is 334 g/mol. The van der Waals surface area contributed by atoms with E-state index in [4.69, 9.17) is 0 Å². The number of nitrogens with one attached hydrogen (secondary N) is 2. The predicted octanol–water partition coefficient (Wildman–Crippen LogP) is 2.91. The largest absolute Gasteiger partial charge is 0.342 e. The Morgan fingerprint density at radius 3 is 2.80 bits per heavy atom. The zero-order valence-corrected chi connectivity index (χ0v) is 15.0. The molecule has 1 aromatic carbocycles. The van der Waals surface area contributed by atoms with Crippen LogP contribution in [-0.4, -0.2) is 21.1 Å². The smallest absolute Gasteiger partial charge is 0.329 e. The van der Waals surface area contributed by atoms with Gasteiger partial charge in [-0.1, -0.05) is 6.07 Å². The Balaban J connectivity index is 1.43. The van der Waals surface area contributed by atoms with Crippen molar-refractivity contribution < 1.29 is 0 Å². The standard InChI is InChI=1S/C19H23N3O2S/c23-18-11-17(20-16-7-6-14-2-1-3-15(14)10-16)21-19(24)22(18)8-9-25-12-13-4-5-13/h6-7,10-11,13,20H,1-5,8-9,12H2,(H,21,24). The fraction of sp³-hybridized carbons (Fsp3) is 0.474. The predicted molar refractivity (Wildman–Crippen MR) is 103 cm³/mol. The first-order valence-corrected chi connectivity index (χ1v) is 10.2. The molecule has 0 saturated heterocycles. The highest BCUT2D eigenvalue weighted by atomic mass is 32.2. The van der Waals surface area contributed by atoms with E-state index in [1.165, 1.54) is 41.0 Å². The summed E-state index contributed by atoms with van der Waals surface area (Å²) in [7, 11) is 0. The first-order valence-electron chi connectivity index (χ1n) is 9.00. The van der Waals surface area contributed by atoms with Gasteiger partial charge in [0, 0.05) is 24.1 Å². The fourth-order valence-electron chi connectivity index (χ4n) is 3.29. The summed E-state index contributed by atoms with van der Waals surface area (Å²) in [5, 5.41) is 3.16. The Labute approximate surface area is 150 Å². The SMILES string of the molecule is O=c1cc(Nc2ccc3c(c2)CCC3)[nH]c(=O)n1CCSCC1CC1. The van der Waals surface area contributed by atoms with E-state index in [1.54, 1.807) is 0 Å². The van der Waals surface area contributed by atoms with Gasteiger partial charge in [0.1, 0.15) is 5.82 Å². The Kier molecular flexibility index (Phi) is 4.70. The molecule has 5 nitrogen and oxygen atoms in total. The molecule has 25 heavy (non-hydrogen) atoms. The van der Waals surface area contributed by atoms with Gasteiger partial charge in [0.05, 0.1) is 0 Å². The molecule has 2 N–H and O–H groups in total. The van der Waals surface area contributed by atoms with Gasteiger partial charge < -0.3 is 5.32 Å². The Morgan fingerprint density at radius 1 is 1.16 bits per heavy atom. The summed E-state index contributed by atoms with van der Waals surface area (Å²) < 4.78 is 1.29. The minimum atomic E-state index is -0.344. The molecule has 2 aliphatic carbocycles. The van der Waals surface area contributed by atoms with Crippen molar-refractivity contribution in [2.24, 2.45) is 5.92 Å². The molecule has 0 radical (unpaired) electrons. The van der Waals surface area contributed by atoms with Crippen molar-refractivity contribution in [2.45, 2.75) is 38.6 Å². The van der Waals surface area contributed by atoms with E-state index in [2.05, 4.69) is 22.4 Å². The lowest BCUT2D eigenvalue weighted by Gasteiger charge is -2.10. The number of H-pyrrole nitrogens is 1. The molecule has 0 spiro atoms. The minimum Gasteiger partial charge on any atom is -0.342 e. The Hall–Kier alpha value is -1.95. The third-order valence-corrected chi connectivity index (χ3v) is 6.09. The summed E-state index contributed by atoms with van der Waals surface area (Å²) in [6.45, 7) is 0.463. The van der Waals surface area contributed by atoms with Gasteiger partial charge in [-0.15, -0.1) is 0 Å². The van der Waals surface area contributed by atoms with Crippen LogP contribution in [0.4, 0.5) is 11.5 Å². The number of thioether (sulfide) groups is 1. The number of aromatic amines is 1. The van der Waals surface area contributed by atoms with E-state index in [0.29, 0.717) is 12.4 Å². The summed E-state index contributed by atoms with van der Waals surface area (Å²) in [5.74, 6) is 3.26. The van der Waals surface area contributed by atoms with Crippen LogP contribution in [-0.2, 0) is 19.4 Å². The normalized spacial score (nSPS) is 16.0. The molecule has 0 atom stereocenters. The molecule has 0 unspecified atom stereocenters. The number of hydrogen-bond donors (Lipinski definition) is 2. The lowest BCUT2D eigenvalue weighted by atomic mass is 10.1. The van der Waals surface area contributed by atoms with Crippen molar-refractivity contribution in [3.63, 3.8) is 0 Å². The van der Waals surface area contributed by atoms with Crippen LogP contribution < -0.4 is 16.6 Å². The molecule has 2 aliphatic rings. The molecule has 4 rings (SSSR count). The second-order valence-electron chi connectivity index (χ2n) is 6.96. The second kappa shape index (κ2) is 7.12. The molecule has 2 aromatic rings. The lowest BCUT2D eigenvalue weighted by molar-refractivity contribution is 0.681. The van der Waals surface area contributed by atoms with E-state index < -0.39 is 0 Å². The van der Waals surface area contributed by atoms with E-state index in [1.807, 2.05) is 17.8 Å². The zero-order chi connectivity index (χ0) is 17.2. The third kappa shape index (κ3) is 4.00. The summed E-state index contributed by atoms with van der Waals surface area (Å²) >= 11 is 1.83. The maximum Gasteiger partial charge on any atom is 0.329 e.